The summed E-state index contributed by atoms with van der Waals surface area (Å²) in [6, 6.07) is 17.4. The first-order valence-corrected chi connectivity index (χ1v) is 7.18. The summed E-state index contributed by atoms with van der Waals surface area (Å²) in [6.45, 7) is 4.32. The van der Waals surface area contributed by atoms with E-state index in [9.17, 15) is 4.79 Å². The first-order valence-electron chi connectivity index (χ1n) is 7.18. The van der Waals surface area contributed by atoms with E-state index >= 15 is 0 Å². The van der Waals surface area contributed by atoms with Gasteiger partial charge in [0.1, 0.15) is 0 Å². The average molecular weight is 284 g/mol. The second-order valence-corrected chi connectivity index (χ2v) is 4.79. The molecule has 2 rings (SSSR count). The van der Waals surface area contributed by atoms with E-state index in [1.54, 1.807) is 19.1 Å². The molecule has 0 saturated heterocycles. The van der Waals surface area contributed by atoms with Crippen LogP contribution in [0.25, 0.3) is 11.1 Å². The second-order valence-electron chi connectivity index (χ2n) is 4.79. The molecule has 0 aromatic heterocycles. The molecule has 2 aromatic rings. The maximum atomic E-state index is 12.0. The van der Waals surface area contributed by atoms with Gasteiger partial charge in [0, 0.05) is 0 Å². The molecule has 0 amide bonds. The minimum atomic E-state index is -0.522. The number of esters is 1. The largest absolute Gasteiger partial charge is 0.432 e. The van der Waals surface area contributed by atoms with Crippen LogP contribution in [-0.4, -0.2) is 18.9 Å². The SMILES string of the molecule is CCCOC(C)OC(=O)c1ccc(-c2ccccc2)cc1. The van der Waals surface area contributed by atoms with Gasteiger partial charge in [0.2, 0.25) is 0 Å². The van der Waals surface area contributed by atoms with Gasteiger partial charge >= 0.3 is 5.97 Å². The monoisotopic (exact) mass is 284 g/mol. The van der Waals surface area contributed by atoms with Gasteiger partial charge in [-0.25, -0.2) is 4.79 Å². The van der Waals surface area contributed by atoms with E-state index in [1.807, 2.05) is 49.4 Å². The molecule has 0 aliphatic rings. The molecule has 0 aliphatic heterocycles. The lowest BCUT2D eigenvalue weighted by Gasteiger charge is -2.13. The fourth-order valence-corrected chi connectivity index (χ4v) is 1.97. The van der Waals surface area contributed by atoms with Gasteiger partial charge in [0.15, 0.2) is 6.29 Å². The van der Waals surface area contributed by atoms with Crippen molar-refractivity contribution in [3.63, 3.8) is 0 Å². The Morgan fingerprint density at radius 2 is 1.62 bits per heavy atom. The fourth-order valence-electron chi connectivity index (χ4n) is 1.97. The Morgan fingerprint density at radius 1 is 1.00 bits per heavy atom. The lowest BCUT2D eigenvalue weighted by Crippen LogP contribution is -2.18. The van der Waals surface area contributed by atoms with Gasteiger partial charge in [-0.1, -0.05) is 49.4 Å². The molecule has 0 saturated carbocycles. The highest BCUT2D eigenvalue weighted by Crippen LogP contribution is 2.19. The van der Waals surface area contributed by atoms with Crippen molar-refractivity contribution < 1.29 is 14.3 Å². The van der Waals surface area contributed by atoms with Crippen LogP contribution in [0, 0.1) is 0 Å². The Balaban J connectivity index is 2.00. The van der Waals surface area contributed by atoms with E-state index in [2.05, 4.69) is 0 Å². The highest BCUT2D eigenvalue weighted by atomic mass is 16.7. The molecule has 2 aromatic carbocycles. The summed E-state index contributed by atoms with van der Waals surface area (Å²) in [5, 5.41) is 0. The molecule has 110 valence electrons. The molecule has 3 heteroatoms. The fraction of sp³-hybridized carbons (Fsp3) is 0.278. The summed E-state index contributed by atoms with van der Waals surface area (Å²) in [5.74, 6) is -0.363. The lowest BCUT2D eigenvalue weighted by molar-refractivity contribution is -0.0977. The Hall–Kier alpha value is -2.13. The molecule has 0 N–H and O–H groups in total. The number of hydrogen-bond acceptors (Lipinski definition) is 3. The second kappa shape index (κ2) is 7.60. The number of ether oxygens (including phenoxy) is 2. The normalized spacial score (nSPS) is 11.9. The van der Waals surface area contributed by atoms with Gasteiger partial charge in [-0.05, 0) is 36.6 Å². The van der Waals surface area contributed by atoms with Crippen molar-refractivity contribution >= 4 is 5.97 Å². The van der Waals surface area contributed by atoms with Gasteiger partial charge < -0.3 is 9.47 Å². The zero-order valence-electron chi connectivity index (χ0n) is 12.4. The van der Waals surface area contributed by atoms with Crippen molar-refractivity contribution in [3.8, 4) is 11.1 Å². The van der Waals surface area contributed by atoms with Crippen molar-refractivity contribution in [1.29, 1.82) is 0 Å². The minimum Gasteiger partial charge on any atom is -0.432 e. The van der Waals surface area contributed by atoms with Crippen molar-refractivity contribution in [3.05, 3.63) is 60.2 Å². The first-order chi connectivity index (χ1) is 10.2. The topological polar surface area (TPSA) is 35.5 Å². The molecule has 0 heterocycles. The molecule has 0 bridgehead atoms. The van der Waals surface area contributed by atoms with E-state index in [0.29, 0.717) is 12.2 Å². The third kappa shape index (κ3) is 4.43. The molecule has 0 radical (unpaired) electrons. The molecule has 1 unspecified atom stereocenters. The average Bonchev–Trinajstić information content (AvgIpc) is 2.54. The molecular formula is C18H20O3. The number of carbonyl (C=O) groups excluding carboxylic acids is 1. The van der Waals surface area contributed by atoms with Gasteiger partial charge in [0.25, 0.3) is 0 Å². The van der Waals surface area contributed by atoms with E-state index in [0.717, 1.165) is 17.5 Å². The Kier molecular flexibility index (Phi) is 5.52. The van der Waals surface area contributed by atoms with Crippen molar-refractivity contribution in [2.45, 2.75) is 26.6 Å². The zero-order chi connectivity index (χ0) is 15.1. The summed E-state index contributed by atoms with van der Waals surface area (Å²) < 4.78 is 10.6. The van der Waals surface area contributed by atoms with E-state index in [4.69, 9.17) is 9.47 Å². The molecule has 21 heavy (non-hydrogen) atoms. The first kappa shape index (κ1) is 15.3. The predicted molar refractivity (Wildman–Crippen MR) is 83.0 cm³/mol. The number of rotatable bonds is 6. The molecule has 3 nitrogen and oxygen atoms in total. The maximum Gasteiger partial charge on any atom is 0.340 e. The van der Waals surface area contributed by atoms with Crippen LogP contribution >= 0.6 is 0 Å². The van der Waals surface area contributed by atoms with Crippen LogP contribution in [0.15, 0.2) is 54.6 Å². The number of benzene rings is 2. The van der Waals surface area contributed by atoms with Crippen LogP contribution in [0.2, 0.25) is 0 Å². The van der Waals surface area contributed by atoms with E-state index < -0.39 is 6.29 Å². The standard InChI is InChI=1S/C18H20O3/c1-3-13-20-14(2)21-18(19)17-11-9-16(10-12-17)15-7-5-4-6-8-15/h4-12,14H,3,13H2,1-2H3. The van der Waals surface area contributed by atoms with Crippen LogP contribution in [0.1, 0.15) is 30.6 Å². The van der Waals surface area contributed by atoms with Crippen molar-refractivity contribution in [1.82, 2.24) is 0 Å². The smallest absolute Gasteiger partial charge is 0.340 e. The molecular weight excluding hydrogens is 264 g/mol. The maximum absolute atomic E-state index is 12.0. The van der Waals surface area contributed by atoms with Gasteiger partial charge in [-0.3, -0.25) is 0 Å². The molecule has 1 atom stereocenters. The third-order valence-corrected chi connectivity index (χ3v) is 3.06. The molecule has 0 aliphatic carbocycles. The third-order valence-electron chi connectivity index (χ3n) is 3.06. The van der Waals surface area contributed by atoms with Crippen LogP contribution in [0.4, 0.5) is 0 Å². The number of hydrogen-bond donors (Lipinski definition) is 0. The van der Waals surface area contributed by atoms with Crippen molar-refractivity contribution in [2.24, 2.45) is 0 Å². The van der Waals surface area contributed by atoms with Crippen LogP contribution in [-0.2, 0) is 9.47 Å². The summed E-state index contributed by atoms with van der Waals surface area (Å²) >= 11 is 0. The van der Waals surface area contributed by atoms with Gasteiger partial charge in [-0.15, -0.1) is 0 Å². The molecule has 0 fully saturated rings. The highest BCUT2D eigenvalue weighted by molar-refractivity contribution is 5.90. The summed E-state index contributed by atoms with van der Waals surface area (Å²) in [6.07, 6.45) is 0.375. The number of carbonyl (C=O) groups is 1. The van der Waals surface area contributed by atoms with E-state index in [-0.39, 0.29) is 5.97 Å². The lowest BCUT2D eigenvalue weighted by atomic mass is 10.0. The van der Waals surface area contributed by atoms with Crippen LogP contribution < -0.4 is 0 Å². The minimum absolute atomic E-state index is 0.363. The molecule has 0 spiro atoms. The van der Waals surface area contributed by atoms with Crippen molar-refractivity contribution in [2.75, 3.05) is 6.61 Å². The van der Waals surface area contributed by atoms with Crippen LogP contribution in [0.3, 0.4) is 0 Å². The van der Waals surface area contributed by atoms with E-state index in [1.165, 1.54) is 0 Å². The zero-order valence-corrected chi connectivity index (χ0v) is 12.4. The van der Waals surface area contributed by atoms with Gasteiger partial charge in [-0.2, -0.15) is 0 Å². The summed E-state index contributed by atoms with van der Waals surface area (Å²) in [5.41, 5.74) is 2.72. The Labute approximate surface area is 125 Å². The quantitative estimate of drug-likeness (QED) is 0.586. The summed E-state index contributed by atoms with van der Waals surface area (Å²) in [7, 11) is 0. The highest BCUT2D eigenvalue weighted by Gasteiger charge is 2.12. The van der Waals surface area contributed by atoms with Gasteiger partial charge in [0.05, 0.1) is 12.2 Å². The van der Waals surface area contributed by atoms with Crippen LogP contribution in [0.5, 0.6) is 0 Å². The summed E-state index contributed by atoms with van der Waals surface area (Å²) in [4.78, 5) is 12.0. The Bertz CT molecular complexity index is 561. The predicted octanol–water partition coefficient (Wildman–Crippen LogP) is 4.28. The Morgan fingerprint density at radius 3 is 2.24 bits per heavy atom.